The molecule has 0 aliphatic rings. The van der Waals surface area contributed by atoms with E-state index in [-0.39, 0.29) is 0 Å². The quantitative estimate of drug-likeness (QED) is 0.777. The third-order valence-electron chi connectivity index (χ3n) is 2.74. The van der Waals surface area contributed by atoms with E-state index in [1.807, 2.05) is 25.1 Å². The Balaban J connectivity index is 2.04. The molecule has 1 aromatic carbocycles. The molecule has 0 saturated heterocycles. The van der Waals surface area contributed by atoms with E-state index >= 15 is 0 Å². The van der Waals surface area contributed by atoms with Gasteiger partial charge in [0.05, 0.1) is 17.6 Å². The van der Waals surface area contributed by atoms with Crippen LogP contribution in [0.25, 0.3) is 0 Å². The van der Waals surface area contributed by atoms with Crippen molar-refractivity contribution in [2.75, 3.05) is 12.0 Å². The van der Waals surface area contributed by atoms with Crippen LogP contribution >= 0.6 is 28.1 Å². The number of aromatic amines is 1. The number of aromatic nitrogens is 3. The molecular weight excluding hydrogens is 340 g/mol. The maximum Gasteiger partial charge on any atom is 0.214 e. The lowest BCUT2D eigenvalue weighted by Crippen LogP contribution is -2.16. The SMILES string of the molecule is CCCOc1ccc(CNn2c(C)n[nH]c2=S)cc1Br. The number of aryl methyl sites for hydroxylation is 1. The molecule has 0 aliphatic heterocycles. The summed E-state index contributed by atoms with van der Waals surface area (Å²) in [5.41, 5.74) is 4.35. The minimum absolute atomic E-state index is 0.560. The average molecular weight is 357 g/mol. The molecule has 2 N–H and O–H groups in total. The molecule has 0 aliphatic carbocycles. The zero-order valence-electron chi connectivity index (χ0n) is 11.4. The Morgan fingerprint density at radius 2 is 2.30 bits per heavy atom. The van der Waals surface area contributed by atoms with E-state index in [1.165, 1.54) is 0 Å². The van der Waals surface area contributed by atoms with Crippen LogP contribution in [0, 0.1) is 11.7 Å². The molecule has 0 fully saturated rings. The van der Waals surface area contributed by atoms with Crippen molar-refractivity contribution in [2.24, 2.45) is 0 Å². The normalized spacial score (nSPS) is 10.6. The van der Waals surface area contributed by atoms with Gasteiger partial charge in [-0.3, -0.25) is 5.10 Å². The average Bonchev–Trinajstić information content (AvgIpc) is 2.75. The first kappa shape index (κ1) is 15.1. The van der Waals surface area contributed by atoms with Crippen LogP contribution in [0.4, 0.5) is 0 Å². The molecule has 2 aromatic rings. The van der Waals surface area contributed by atoms with Crippen LogP contribution in [0.2, 0.25) is 0 Å². The minimum Gasteiger partial charge on any atom is -0.492 e. The van der Waals surface area contributed by atoms with Crippen molar-refractivity contribution in [1.82, 2.24) is 14.9 Å². The Kier molecular flexibility index (Phi) is 5.19. The summed E-state index contributed by atoms with van der Waals surface area (Å²) in [5, 5.41) is 6.79. The van der Waals surface area contributed by atoms with Gasteiger partial charge in [0.2, 0.25) is 4.77 Å². The number of rotatable bonds is 6. The zero-order valence-corrected chi connectivity index (χ0v) is 13.8. The van der Waals surface area contributed by atoms with E-state index in [2.05, 4.69) is 38.5 Å². The second kappa shape index (κ2) is 6.90. The Bertz CT molecular complexity index is 638. The fraction of sp³-hybridized carbons (Fsp3) is 0.385. The molecule has 0 bridgehead atoms. The van der Waals surface area contributed by atoms with Crippen molar-refractivity contribution in [3.05, 3.63) is 38.8 Å². The fourth-order valence-electron chi connectivity index (χ4n) is 1.72. The van der Waals surface area contributed by atoms with E-state index < -0.39 is 0 Å². The van der Waals surface area contributed by atoms with Crippen LogP contribution in [0.3, 0.4) is 0 Å². The standard InChI is InChI=1S/C13H17BrN4OS/c1-3-6-19-12-5-4-10(7-11(12)14)8-15-18-9(2)16-17-13(18)20/h4-5,7,15H,3,6,8H2,1-2H3,(H,17,20). The van der Waals surface area contributed by atoms with Gasteiger partial charge in [-0.15, -0.1) is 0 Å². The van der Waals surface area contributed by atoms with Gasteiger partial charge in [-0.1, -0.05) is 13.0 Å². The van der Waals surface area contributed by atoms with Gasteiger partial charge >= 0.3 is 0 Å². The number of halogens is 1. The Labute approximate surface area is 131 Å². The molecule has 1 heterocycles. The number of H-pyrrole nitrogens is 1. The Morgan fingerprint density at radius 3 is 2.90 bits per heavy atom. The summed E-state index contributed by atoms with van der Waals surface area (Å²) in [6.07, 6.45) is 0.994. The van der Waals surface area contributed by atoms with Crippen molar-refractivity contribution >= 4 is 28.1 Å². The molecule has 108 valence electrons. The largest absolute Gasteiger partial charge is 0.492 e. The molecule has 0 amide bonds. The van der Waals surface area contributed by atoms with Crippen molar-refractivity contribution in [1.29, 1.82) is 0 Å². The van der Waals surface area contributed by atoms with E-state index in [0.717, 1.165) is 34.6 Å². The highest BCUT2D eigenvalue weighted by Gasteiger charge is 2.04. The summed E-state index contributed by atoms with van der Waals surface area (Å²) in [4.78, 5) is 0. The van der Waals surface area contributed by atoms with Crippen molar-refractivity contribution in [2.45, 2.75) is 26.8 Å². The van der Waals surface area contributed by atoms with Crippen LogP contribution < -0.4 is 10.2 Å². The molecular formula is C13H17BrN4OS. The van der Waals surface area contributed by atoms with Crippen LogP contribution in [0.1, 0.15) is 24.7 Å². The lowest BCUT2D eigenvalue weighted by Gasteiger charge is -2.11. The van der Waals surface area contributed by atoms with E-state index in [9.17, 15) is 0 Å². The summed E-state index contributed by atoms with van der Waals surface area (Å²) in [6.45, 7) is 5.35. The molecule has 0 radical (unpaired) electrons. The highest BCUT2D eigenvalue weighted by molar-refractivity contribution is 9.10. The van der Waals surface area contributed by atoms with Crippen molar-refractivity contribution < 1.29 is 4.74 Å². The smallest absolute Gasteiger partial charge is 0.214 e. The van der Waals surface area contributed by atoms with Gasteiger partial charge in [-0.2, -0.15) is 5.10 Å². The predicted octanol–water partition coefficient (Wildman–Crippen LogP) is 3.54. The second-order valence-electron chi connectivity index (χ2n) is 4.36. The highest BCUT2D eigenvalue weighted by Crippen LogP contribution is 2.26. The lowest BCUT2D eigenvalue weighted by molar-refractivity contribution is 0.315. The molecule has 5 nitrogen and oxygen atoms in total. The Hall–Kier alpha value is -1.34. The fourth-order valence-corrected chi connectivity index (χ4v) is 2.50. The molecule has 0 atom stereocenters. The van der Waals surface area contributed by atoms with Gasteiger partial charge in [0.25, 0.3) is 0 Å². The lowest BCUT2D eigenvalue weighted by atomic mass is 10.2. The number of ether oxygens (including phenoxy) is 1. The number of hydrogen-bond acceptors (Lipinski definition) is 4. The molecule has 0 saturated carbocycles. The molecule has 7 heteroatoms. The van der Waals surface area contributed by atoms with E-state index in [4.69, 9.17) is 17.0 Å². The van der Waals surface area contributed by atoms with Crippen LogP contribution in [0.5, 0.6) is 5.75 Å². The first-order valence-corrected chi connectivity index (χ1v) is 7.61. The van der Waals surface area contributed by atoms with Gasteiger partial charge < -0.3 is 10.2 Å². The monoisotopic (exact) mass is 356 g/mol. The predicted molar refractivity (Wildman–Crippen MR) is 85.1 cm³/mol. The molecule has 2 rings (SSSR count). The molecule has 20 heavy (non-hydrogen) atoms. The van der Waals surface area contributed by atoms with Gasteiger partial charge in [-0.25, -0.2) is 4.68 Å². The van der Waals surface area contributed by atoms with Gasteiger partial charge in [0, 0.05) is 0 Å². The molecule has 0 unspecified atom stereocenters. The van der Waals surface area contributed by atoms with Crippen molar-refractivity contribution in [3.8, 4) is 5.75 Å². The van der Waals surface area contributed by atoms with Crippen LogP contribution in [-0.2, 0) is 6.54 Å². The van der Waals surface area contributed by atoms with Crippen LogP contribution in [-0.4, -0.2) is 21.5 Å². The molecule has 1 aromatic heterocycles. The summed E-state index contributed by atoms with van der Waals surface area (Å²) in [7, 11) is 0. The second-order valence-corrected chi connectivity index (χ2v) is 5.60. The molecule has 0 spiro atoms. The number of nitrogens with one attached hydrogen (secondary N) is 2. The zero-order chi connectivity index (χ0) is 14.5. The van der Waals surface area contributed by atoms with Gasteiger partial charge in [-0.05, 0) is 59.2 Å². The van der Waals surface area contributed by atoms with Crippen LogP contribution in [0.15, 0.2) is 22.7 Å². The maximum atomic E-state index is 5.63. The maximum absolute atomic E-state index is 5.63. The van der Waals surface area contributed by atoms with E-state index in [1.54, 1.807) is 4.68 Å². The first-order chi connectivity index (χ1) is 9.61. The van der Waals surface area contributed by atoms with Gasteiger partial charge in [0.1, 0.15) is 11.6 Å². The minimum atomic E-state index is 0.560. The number of nitrogens with zero attached hydrogens (tertiary/aromatic N) is 2. The summed E-state index contributed by atoms with van der Waals surface area (Å²) < 4.78 is 8.90. The topological polar surface area (TPSA) is 54.9 Å². The Morgan fingerprint density at radius 1 is 1.50 bits per heavy atom. The number of hydrogen-bond donors (Lipinski definition) is 2. The number of benzene rings is 1. The van der Waals surface area contributed by atoms with Crippen molar-refractivity contribution in [3.63, 3.8) is 0 Å². The summed E-state index contributed by atoms with van der Waals surface area (Å²) >= 11 is 8.66. The highest BCUT2D eigenvalue weighted by atomic mass is 79.9. The summed E-state index contributed by atoms with van der Waals surface area (Å²) in [5.74, 6) is 1.67. The third-order valence-corrected chi connectivity index (χ3v) is 3.63. The van der Waals surface area contributed by atoms with E-state index in [0.29, 0.717) is 11.3 Å². The van der Waals surface area contributed by atoms with Gasteiger partial charge in [0.15, 0.2) is 0 Å². The summed E-state index contributed by atoms with van der Waals surface area (Å²) in [6, 6.07) is 6.04. The third kappa shape index (κ3) is 3.61. The first-order valence-electron chi connectivity index (χ1n) is 6.41.